The summed E-state index contributed by atoms with van der Waals surface area (Å²) < 4.78 is 7.42. The van der Waals surface area contributed by atoms with E-state index in [1.54, 1.807) is 0 Å². The molecule has 1 rings (SSSR count). The first-order chi connectivity index (χ1) is 3.79. The summed E-state index contributed by atoms with van der Waals surface area (Å²) in [6.45, 7) is 4.10. The molecule has 1 aliphatic rings. The van der Waals surface area contributed by atoms with Gasteiger partial charge in [0.05, 0.1) is 0 Å². The summed E-state index contributed by atoms with van der Waals surface area (Å²) in [5.74, 6) is 1.07. The zero-order valence-electron chi connectivity index (χ0n) is 4.94. The fraction of sp³-hybridized carbons (Fsp3) is 0.333. The quantitative estimate of drug-likeness (QED) is 0.470. The molecular weight excluding hydrogens is 215 g/mol. The van der Waals surface area contributed by atoms with Gasteiger partial charge in [0.15, 0.2) is 0 Å². The summed E-state index contributed by atoms with van der Waals surface area (Å²) in [5.41, 5.74) is 1.35. The van der Waals surface area contributed by atoms with E-state index in [0.717, 1.165) is 5.76 Å². The van der Waals surface area contributed by atoms with Crippen LogP contribution in [0, 0.1) is 0 Å². The average Bonchev–Trinajstić information content (AvgIpc) is 1.64. The molecule has 1 nitrogen and oxygen atoms in total. The van der Waals surface area contributed by atoms with E-state index in [1.807, 2.05) is 6.92 Å². The Morgan fingerprint density at radius 3 is 2.62 bits per heavy atom. The monoisotopic (exact) mass is 223 g/mol. The predicted molar refractivity (Wildman–Crippen MR) is 28.6 cm³/mol. The van der Waals surface area contributed by atoms with Crippen LogP contribution in [0.25, 0.3) is 0 Å². The van der Waals surface area contributed by atoms with E-state index in [1.165, 1.54) is 5.57 Å². The van der Waals surface area contributed by atoms with Gasteiger partial charge >= 0.3 is 60.0 Å². The molecule has 0 atom stereocenters. The van der Waals surface area contributed by atoms with Crippen molar-refractivity contribution in [2.45, 2.75) is 13.8 Å². The maximum absolute atomic E-state index is 5.24. The van der Waals surface area contributed by atoms with Gasteiger partial charge in [0.25, 0.3) is 0 Å². The molecule has 1 heterocycles. The van der Waals surface area contributed by atoms with Crippen LogP contribution in [-0.4, -0.2) is 0 Å². The van der Waals surface area contributed by atoms with Gasteiger partial charge in [-0.3, -0.25) is 0 Å². The maximum atomic E-state index is 5.24. The first kappa shape index (κ1) is 6.13. The molecule has 46 valence electrons. The molecule has 0 aromatic carbocycles. The van der Waals surface area contributed by atoms with Crippen molar-refractivity contribution >= 4 is 0 Å². The summed E-state index contributed by atoms with van der Waals surface area (Å²) in [5, 5.41) is 0. The Kier molecular flexibility index (Phi) is 1.94. The third kappa shape index (κ3) is 1.51. The van der Waals surface area contributed by atoms with Crippen molar-refractivity contribution < 1.29 is 24.7 Å². The second-order valence-electron chi connectivity index (χ2n) is 1.77. The van der Waals surface area contributed by atoms with Crippen LogP contribution in [0.5, 0.6) is 0 Å². The molecule has 2 heteroatoms. The van der Waals surface area contributed by atoms with Gasteiger partial charge < -0.3 is 0 Å². The van der Waals surface area contributed by atoms with E-state index in [0.29, 0.717) is 0 Å². The minimum atomic E-state index is -0.0961. The summed E-state index contributed by atoms with van der Waals surface area (Å²) in [7, 11) is 0. The molecule has 0 N–H and O–H groups in total. The van der Waals surface area contributed by atoms with Crippen LogP contribution in [0.2, 0.25) is 0 Å². The van der Waals surface area contributed by atoms with Gasteiger partial charge in [-0.25, -0.2) is 0 Å². The van der Waals surface area contributed by atoms with Crippen molar-refractivity contribution in [2.24, 2.45) is 0 Å². The number of allylic oxidation sites excluding steroid dienone is 3. The zero-order valence-corrected chi connectivity index (χ0v) is 7.10. The van der Waals surface area contributed by atoms with Gasteiger partial charge in [0.1, 0.15) is 0 Å². The topological polar surface area (TPSA) is 9.23 Å². The molecule has 0 saturated carbocycles. The number of rotatable bonds is 0. The van der Waals surface area contributed by atoms with E-state index in [4.69, 9.17) is 3.07 Å². The molecule has 0 saturated heterocycles. The molecule has 0 radical (unpaired) electrons. The number of hydrogen-bond donors (Lipinski definition) is 0. The van der Waals surface area contributed by atoms with E-state index >= 15 is 0 Å². The Bertz CT molecular complexity index is 147. The van der Waals surface area contributed by atoms with Crippen molar-refractivity contribution in [3.63, 3.8) is 0 Å². The zero-order chi connectivity index (χ0) is 5.98. The summed E-state index contributed by atoms with van der Waals surface area (Å²) in [6.07, 6.45) is 2.06. The van der Waals surface area contributed by atoms with Gasteiger partial charge in [-0.2, -0.15) is 0 Å². The third-order valence-corrected chi connectivity index (χ3v) is 3.00. The summed E-state index contributed by atoms with van der Waals surface area (Å²) in [4.78, 5) is 0. The van der Waals surface area contributed by atoms with Gasteiger partial charge in [-0.15, -0.1) is 0 Å². The fourth-order valence-electron chi connectivity index (χ4n) is 0.537. The third-order valence-electron chi connectivity index (χ3n) is 0.814. The molecule has 0 unspecified atom stereocenters. The molecule has 0 amide bonds. The van der Waals surface area contributed by atoms with Gasteiger partial charge in [-0.05, 0) is 0 Å². The van der Waals surface area contributed by atoms with Crippen molar-refractivity contribution in [2.75, 3.05) is 0 Å². The molecule has 0 aliphatic carbocycles. The van der Waals surface area contributed by atoms with Crippen LogP contribution >= 0.6 is 0 Å². The standard InChI is InChI=1S/C6H8IO/c1-5-3-6(2)8-7-4-5/h3-4H,1-2H3/q-1. The van der Waals surface area contributed by atoms with Crippen molar-refractivity contribution in [1.82, 2.24) is 0 Å². The van der Waals surface area contributed by atoms with Gasteiger partial charge in [-0.1, -0.05) is 0 Å². The summed E-state index contributed by atoms with van der Waals surface area (Å²) in [6, 6.07) is 0. The Morgan fingerprint density at radius 2 is 2.25 bits per heavy atom. The Morgan fingerprint density at radius 1 is 1.50 bits per heavy atom. The van der Waals surface area contributed by atoms with E-state index in [-0.39, 0.29) is 21.6 Å². The first-order valence-corrected chi connectivity index (χ1v) is 4.57. The van der Waals surface area contributed by atoms with Gasteiger partial charge in [0.2, 0.25) is 0 Å². The number of hydrogen-bond acceptors (Lipinski definition) is 1. The van der Waals surface area contributed by atoms with Crippen LogP contribution in [-0.2, 0) is 3.07 Å². The van der Waals surface area contributed by atoms with Gasteiger partial charge in [0, 0.05) is 0 Å². The first-order valence-electron chi connectivity index (χ1n) is 2.44. The van der Waals surface area contributed by atoms with Crippen LogP contribution in [0.1, 0.15) is 13.8 Å². The normalized spacial score (nSPS) is 19.8. The molecule has 1 aliphatic heterocycles. The van der Waals surface area contributed by atoms with Crippen molar-refractivity contribution in [3.05, 3.63) is 21.5 Å². The second kappa shape index (κ2) is 2.53. The van der Waals surface area contributed by atoms with E-state index < -0.39 is 0 Å². The SMILES string of the molecule is CC1=C[I-]OC(C)=C1. The van der Waals surface area contributed by atoms with Crippen molar-refractivity contribution in [1.29, 1.82) is 0 Å². The van der Waals surface area contributed by atoms with Crippen LogP contribution in [0.3, 0.4) is 0 Å². The van der Waals surface area contributed by atoms with Crippen LogP contribution in [0.15, 0.2) is 21.5 Å². The Hall–Kier alpha value is 0.01000. The molecule has 0 aromatic rings. The molecule has 0 bridgehead atoms. The summed E-state index contributed by atoms with van der Waals surface area (Å²) >= 11 is -0.0961. The Labute approximate surface area is 60.2 Å². The van der Waals surface area contributed by atoms with E-state index in [9.17, 15) is 0 Å². The minimum absolute atomic E-state index is 0.0961. The van der Waals surface area contributed by atoms with Crippen molar-refractivity contribution in [3.8, 4) is 0 Å². The molecule has 0 aromatic heterocycles. The van der Waals surface area contributed by atoms with E-state index in [2.05, 4.69) is 17.1 Å². The number of halogens is 1. The molecular formula is C6H8IO-. The van der Waals surface area contributed by atoms with Crippen LogP contribution in [0.4, 0.5) is 0 Å². The second-order valence-corrected chi connectivity index (χ2v) is 3.35. The predicted octanol–water partition coefficient (Wildman–Crippen LogP) is -1.17. The molecule has 0 spiro atoms. The molecule has 8 heavy (non-hydrogen) atoms. The average molecular weight is 223 g/mol. The van der Waals surface area contributed by atoms with Crippen LogP contribution < -0.4 is 21.6 Å². The fourth-order valence-corrected chi connectivity index (χ4v) is 1.77. The Balaban J connectivity index is 2.69. The molecule has 0 fully saturated rings.